The van der Waals surface area contributed by atoms with Crippen LogP contribution in [0, 0.1) is 17.0 Å². The number of nitrogens with one attached hydrogen (secondary N) is 1. The molecule has 6 heteroatoms. The van der Waals surface area contributed by atoms with Gasteiger partial charge < -0.3 is 10.1 Å². The van der Waals surface area contributed by atoms with E-state index in [1.807, 2.05) is 0 Å². The molecule has 0 bridgehead atoms. The largest absolute Gasteiger partial charge is 0.372 e. The van der Waals surface area contributed by atoms with Crippen molar-refractivity contribution in [1.29, 1.82) is 0 Å². The van der Waals surface area contributed by atoms with Crippen LogP contribution in [0.15, 0.2) is 18.2 Å². The van der Waals surface area contributed by atoms with Gasteiger partial charge in [-0.05, 0) is 19.9 Å². The predicted molar refractivity (Wildman–Crippen MR) is 63.0 cm³/mol. The zero-order chi connectivity index (χ0) is 12.8. The van der Waals surface area contributed by atoms with Gasteiger partial charge in [-0.2, -0.15) is 0 Å². The van der Waals surface area contributed by atoms with Crippen LogP contribution in [0.4, 0.5) is 11.4 Å². The molecule has 1 aromatic carbocycles. The van der Waals surface area contributed by atoms with Gasteiger partial charge in [-0.25, -0.2) is 0 Å². The van der Waals surface area contributed by atoms with Gasteiger partial charge in [0.2, 0.25) is 5.91 Å². The lowest BCUT2D eigenvalue weighted by Crippen LogP contribution is -2.18. The molecule has 1 aromatic rings. The van der Waals surface area contributed by atoms with Gasteiger partial charge in [0.05, 0.1) is 16.2 Å². The number of nitro benzene ring substituents is 1. The average molecular weight is 238 g/mol. The zero-order valence-electron chi connectivity index (χ0n) is 9.73. The molecule has 1 rings (SSSR count). The van der Waals surface area contributed by atoms with Gasteiger partial charge in [0.15, 0.2) is 0 Å². The minimum Gasteiger partial charge on any atom is -0.372 e. The molecule has 0 spiro atoms. The van der Waals surface area contributed by atoms with E-state index in [0.717, 1.165) is 0 Å². The van der Waals surface area contributed by atoms with Crippen molar-refractivity contribution in [3.8, 4) is 0 Å². The summed E-state index contributed by atoms with van der Waals surface area (Å²) in [5.41, 5.74) is 0.852. The van der Waals surface area contributed by atoms with E-state index < -0.39 is 4.92 Å². The summed E-state index contributed by atoms with van der Waals surface area (Å²) >= 11 is 0. The molecule has 0 atom stereocenters. The van der Waals surface area contributed by atoms with Gasteiger partial charge in [-0.1, -0.05) is 6.07 Å². The van der Waals surface area contributed by atoms with Crippen LogP contribution in [0.5, 0.6) is 0 Å². The van der Waals surface area contributed by atoms with Crippen molar-refractivity contribution in [2.24, 2.45) is 0 Å². The number of ether oxygens (including phenoxy) is 1. The van der Waals surface area contributed by atoms with Crippen molar-refractivity contribution in [3.05, 3.63) is 33.9 Å². The third-order valence-electron chi connectivity index (χ3n) is 2.21. The molecule has 0 heterocycles. The van der Waals surface area contributed by atoms with Gasteiger partial charge in [0.25, 0.3) is 5.69 Å². The van der Waals surface area contributed by atoms with Crippen LogP contribution in [0.25, 0.3) is 0 Å². The number of nitrogens with zero attached hydrogens (tertiary/aromatic N) is 1. The standard InChI is InChI=1S/C11H14N2O4/c1-3-17-7-11(14)12-9-5-4-6-10(8(9)2)13(15)16/h4-6H,3,7H2,1-2H3,(H,12,14). The number of carbonyl (C=O) groups excluding carboxylic acids is 1. The van der Waals surface area contributed by atoms with Gasteiger partial charge in [0, 0.05) is 12.7 Å². The number of rotatable bonds is 5. The summed E-state index contributed by atoms with van der Waals surface area (Å²) in [7, 11) is 0. The minimum absolute atomic E-state index is 0.0146. The molecule has 0 saturated heterocycles. The highest BCUT2D eigenvalue weighted by atomic mass is 16.6. The van der Waals surface area contributed by atoms with Gasteiger partial charge in [-0.15, -0.1) is 0 Å². The molecule has 0 aliphatic heterocycles. The maximum Gasteiger partial charge on any atom is 0.274 e. The van der Waals surface area contributed by atoms with Gasteiger partial charge in [-0.3, -0.25) is 14.9 Å². The molecule has 0 aromatic heterocycles. The molecule has 0 aliphatic carbocycles. The Morgan fingerprint density at radius 1 is 1.53 bits per heavy atom. The molecule has 1 N–H and O–H groups in total. The highest BCUT2D eigenvalue weighted by Crippen LogP contribution is 2.24. The van der Waals surface area contributed by atoms with E-state index in [4.69, 9.17) is 4.74 Å². The number of hydrogen-bond donors (Lipinski definition) is 1. The lowest BCUT2D eigenvalue weighted by Gasteiger charge is -2.08. The lowest BCUT2D eigenvalue weighted by atomic mass is 10.1. The van der Waals surface area contributed by atoms with Crippen LogP contribution in [-0.4, -0.2) is 24.0 Å². The predicted octanol–water partition coefficient (Wildman–Crippen LogP) is 1.88. The molecule has 0 unspecified atom stereocenters. The number of nitro groups is 1. The van der Waals surface area contributed by atoms with Crippen LogP contribution in [-0.2, 0) is 9.53 Å². The van der Waals surface area contributed by atoms with Crippen LogP contribution in [0.1, 0.15) is 12.5 Å². The Balaban J connectivity index is 2.81. The molecule has 6 nitrogen and oxygen atoms in total. The van der Waals surface area contributed by atoms with E-state index in [0.29, 0.717) is 17.9 Å². The van der Waals surface area contributed by atoms with Gasteiger partial charge >= 0.3 is 0 Å². The average Bonchev–Trinajstić information content (AvgIpc) is 2.28. The Kier molecular flexibility index (Phi) is 4.59. The fourth-order valence-electron chi connectivity index (χ4n) is 1.34. The SMILES string of the molecule is CCOCC(=O)Nc1cccc([N+](=O)[O-])c1C. The second-order valence-corrected chi connectivity index (χ2v) is 3.39. The molecule has 17 heavy (non-hydrogen) atoms. The minimum atomic E-state index is -0.479. The maximum atomic E-state index is 11.4. The summed E-state index contributed by atoms with van der Waals surface area (Å²) in [6.45, 7) is 3.76. The van der Waals surface area contributed by atoms with E-state index in [9.17, 15) is 14.9 Å². The molecular formula is C11H14N2O4. The van der Waals surface area contributed by atoms with Crippen LogP contribution >= 0.6 is 0 Å². The van der Waals surface area contributed by atoms with Crippen molar-refractivity contribution in [1.82, 2.24) is 0 Å². The summed E-state index contributed by atoms with van der Waals surface area (Å²) in [4.78, 5) is 21.6. The molecule has 0 radical (unpaired) electrons. The number of amides is 1. The smallest absolute Gasteiger partial charge is 0.274 e. The Morgan fingerprint density at radius 3 is 2.82 bits per heavy atom. The quantitative estimate of drug-likeness (QED) is 0.627. The van der Waals surface area contributed by atoms with E-state index in [1.165, 1.54) is 12.1 Å². The van der Waals surface area contributed by atoms with E-state index in [2.05, 4.69) is 5.32 Å². The Bertz CT molecular complexity index is 431. The number of hydrogen-bond acceptors (Lipinski definition) is 4. The first-order chi connectivity index (χ1) is 8.06. The van der Waals surface area contributed by atoms with Crippen molar-refractivity contribution >= 4 is 17.3 Å². The fourth-order valence-corrected chi connectivity index (χ4v) is 1.34. The van der Waals surface area contributed by atoms with Crippen molar-refractivity contribution in [2.45, 2.75) is 13.8 Å². The second kappa shape index (κ2) is 5.95. The third kappa shape index (κ3) is 3.53. The number of anilines is 1. The van der Waals surface area contributed by atoms with Crippen molar-refractivity contribution in [3.63, 3.8) is 0 Å². The normalized spacial score (nSPS) is 10.0. The van der Waals surface area contributed by atoms with Crippen LogP contribution < -0.4 is 5.32 Å². The first-order valence-electron chi connectivity index (χ1n) is 5.17. The summed E-state index contributed by atoms with van der Waals surface area (Å²) in [6, 6.07) is 4.54. The highest BCUT2D eigenvalue weighted by Gasteiger charge is 2.14. The highest BCUT2D eigenvalue weighted by molar-refractivity contribution is 5.93. The van der Waals surface area contributed by atoms with Gasteiger partial charge in [0.1, 0.15) is 6.61 Å². The number of benzene rings is 1. The lowest BCUT2D eigenvalue weighted by molar-refractivity contribution is -0.385. The topological polar surface area (TPSA) is 81.5 Å². The van der Waals surface area contributed by atoms with Crippen molar-refractivity contribution < 1.29 is 14.5 Å². The molecular weight excluding hydrogens is 224 g/mol. The molecule has 92 valence electrons. The fraction of sp³-hybridized carbons (Fsp3) is 0.364. The number of carbonyl (C=O) groups is 1. The molecule has 0 aliphatic rings. The second-order valence-electron chi connectivity index (χ2n) is 3.39. The molecule has 0 saturated carbocycles. The monoisotopic (exact) mass is 238 g/mol. The van der Waals surface area contributed by atoms with Crippen LogP contribution in [0.3, 0.4) is 0 Å². The summed E-state index contributed by atoms with van der Waals surface area (Å²) in [5, 5.41) is 13.3. The van der Waals surface area contributed by atoms with Crippen molar-refractivity contribution in [2.75, 3.05) is 18.5 Å². The summed E-state index contributed by atoms with van der Waals surface area (Å²) in [5.74, 6) is -0.324. The summed E-state index contributed by atoms with van der Waals surface area (Å²) < 4.78 is 4.94. The molecule has 1 amide bonds. The Hall–Kier alpha value is -1.95. The third-order valence-corrected chi connectivity index (χ3v) is 2.21. The maximum absolute atomic E-state index is 11.4. The zero-order valence-corrected chi connectivity index (χ0v) is 9.73. The van der Waals surface area contributed by atoms with E-state index >= 15 is 0 Å². The van der Waals surface area contributed by atoms with E-state index in [1.54, 1.807) is 19.9 Å². The van der Waals surface area contributed by atoms with Crippen LogP contribution in [0.2, 0.25) is 0 Å². The Morgan fingerprint density at radius 2 is 2.24 bits per heavy atom. The first-order valence-corrected chi connectivity index (χ1v) is 5.17. The summed E-state index contributed by atoms with van der Waals surface area (Å²) in [6.07, 6.45) is 0. The first kappa shape index (κ1) is 13.1. The molecule has 0 fully saturated rings. The Labute approximate surface area is 98.7 Å². The van der Waals surface area contributed by atoms with E-state index in [-0.39, 0.29) is 18.2 Å².